The molecule has 1 saturated heterocycles. The van der Waals surface area contributed by atoms with E-state index < -0.39 is 16.0 Å². The van der Waals surface area contributed by atoms with Gasteiger partial charge in [-0.25, -0.2) is 13.2 Å². The molecule has 1 aromatic carbocycles. The maximum atomic E-state index is 12.6. The number of carbonyl (C=O) groups excluding carboxylic acids is 1. The highest BCUT2D eigenvalue weighted by atomic mass is 35.5. The van der Waals surface area contributed by atoms with Crippen LogP contribution < -0.4 is 5.32 Å². The van der Waals surface area contributed by atoms with Gasteiger partial charge in [0.05, 0.1) is 17.1 Å². The summed E-state index contributed by atoms with van der Waals surface area (Å²) < 4.78 is 31.5. The Labute approximate surface area is 137 Å². The summed E-state index contributed by atoms with van der Waals surface area (Å²) >= 11 is 0. The Morgan fingerprint density at radius 1 is 1.36 bits per heavy atom. The third-order valence-electron chi connectivity index (χ3n) is 3.41. The zero-order valence-corrected chi connectivity index (χ0v) is 14.2. The summed E-state index contributed by atoms with van der Waals surface area (Å²) in [5.74, 6) is -0.447. The normalized spacial score (nSPS) is 19.3. The van der Waals surface area contributed by atoms with E-state index in [0.717, 1.165) is 0 Å². The summed E-state index contributed by atoms with van der Waals surface area (Å²) in [6, 6.07) is 5.79. The van der Waals surface area contributed by atoms with Crippen LogP contribution in [-0.4, -0.2) is 51.0 Å². The van der Waals surface area contributed by atoms with Gasteiger partial charge in [-0.2, -0.15) is 4.31 Å². The van der Waals surface area contributed by atoms with E-state index in [2.05, 4.69) is 5.32 Å². The largest absolute Gasteiger partial charge is 0.462 e. The molecule has 2 rings (SSSR count). The van der Waals surface area contributed by atoms with Gasteiger partial charge in [-0.05, 0) is 38.1 Å². The maximum Gasteiger partial charge on any atom is 0.338 e. The van der Waals surface area contributed by atoms with Gasteiger partial charge in [-0.15, -0.1) is 12.4 Å². The van der Waals surface area contributed by atoms with Crippen molar-refractivity contribution in [1.82, 2.24) is 9.62 Å². The summed E-state index contributed by atoms with van der Waals surface area (Å²) in [6.45, 7) is 5.62. The van der Waals surface area contributed by atoms with E-state index >= 15 is 0 Å². The number of benzene rings is 1. The molecule has 0 spiro atoms. The summed E-state index contributed by atoms with van der Waals surface area (Å²) in [6.07, 6.45) is 0. The highest BCUT2D eigenvalue weighted by Crippen LogP contribution is 2.20. The fourth-order valence-corrected chi connectivity index (χ4v) is 3.92. The van der Waals surface area contributed by atoms with Gasteiger partial charge in [0, 0.05) is 25.7 Å². The summed E-state index contributed by atoms with van der Waals surface area (Å²) in [7, 11) is -3.52. The Hall–Kier alpha value is -1.15. The van der Waals surface area contributed by atoms with Gasteiger partial charge in [0.25, 0.3) is 0 Å². The second-order valence-electron chi connectivity index (χ2n) is 4.91. The first-order valence-electron chi connectivity index (χ1n) is 6.96. The smallest absolute Gasteiger partial charge is 0.338 e. The van der Waals surface area contributed by atoms with Crippen LogP contribution in [0.25, 0.3) is 0 Å². The highest BCUT2D eigenvalue weighted by Gasteiger charge is 2.30. The summed E-state index contributed by atoms with van der Waals surface area (Å²) in [4.78, 5) is 11.8. The SMILES string of the molecule is CCOC(=O)c1ccc(S(=O)(=O)N2CCNCC2C)cc1.Cl. The van der Waals surface area contributed by atoms with Crippen molar-refractivity contribution in [3.63, 3.8) is 0 Å². The van der Waals surface area contributed by atoms with Crippen LogP contribution in [0.1, 0.15) is 24.2 Å². The molecule has 0 bridgehead atoms. The first-order valence-corrected chi connectivity index (χ1v) is 8.40. The van der Waals surface area contributed by atoms with E-state index in [1.807, 2.05) is 6.92 Å². The summed E-state index contributed by atoms with van der Waals surface area (Å²) in [5, 5.41) is 3.16. The third-order valence-corrected chi connectivity index (χ3v) is 5.44. The monoisotopic (exact) mass is 348 g/mol. The number of sulfonamides is 1. The van der Waals surface area contributed by atoms with E-state index in [1.165, 1.54) is 28.6 Å². The Kier molecular flexibility index (Phi) is 6.80. The Balaban J connectivity index is 0.00000242. The maximum absolute atomic E-state index is 12.6. The standard InChI is InChI=1S/C14H20N2O4S.ClH/c1-3-20-14(17)12-4-6-13(7-5-12)21(18,19)16-9-8-15-10-11(16)2;/h4-7,11,15H,3,8-10H2,1-2H3;1H. The van der Waals surface area contributed by atoms with Crippen molar-refractivity contribution < 1.29 is 17.9 Å². The Morgan fingerprint density at radius 2 is 2.00 bits per heavy atom. The van der Waals surface area contributed by atoms with E-state index in [9.17, 15) is 13.2 Å². The van der Waals surface area contributed by atoms with Crippen LogP contribution in [0.15, 0.2) is 29.2 Å². The summed E-state index contributed by atoms with van der Waals surface area (Å²) in [5.41, 5.74) is 0.351. The van der Waals surface area contributed by atoms with Gasteiger partial charge >= 0.3 is 5.97 Å². The van der Waals surface area contributed by atoms with Gasteiger partial charge in [-0.1, -0.05) is 0 Å². The number of esters is 1. The molecule has 1 aliphatic heterocycles. The van der Waals surface area contributed by atoms with Gasteiger partial charge < -0.3 is 10.1 Å². The number of carbonyl (C=O) groups is 1. The molecule has 1 atom stereocenters. The predicted molar refractivity (Wildman–Crippen MR) is 85.9 cm³/mol. The first-order chi connectivity index (χ1) is 9.96. The van der Waals surface area contributed by atoms with Crippen molar-refractivity contribution in [1.29, 1.82) is 0 Å². The number of rotatable bonds is 4. The molecule has 6 nitrogen and oxygen atoms in total. The molecule has 124 valence electrons. The lowest BCUT2D eigenvalue weighted by atomic mass is 10.2. The predicted octanol–water partition coefficient (Wildman–Crippen LogP) is 1.27. The minimum absolute atomic E-state index is 0. The highest BCUT2D eigenvalue weighted by molar-refractivity contribution is 7.89. The van der Waals surface area contributed by atoms with Crippen LogP contribution in [0.5, 0.6) is 0 Å². The average Bonchev–Trinajstić information content (AvgIpc) is 2.48. The third kappa shape index (κ3) is 3.98. The number of nitrogens with zero attached hydrogens (tertiary/aromatic N) is 1. The molecule has 0 aromatic heterocycles. The fraction of sp³-hybridized carbons (Fsp3) is 0.500. The van der Waals surface area contributed by atoms with Gasteiger partial charge in [-0.3, -0.25) is 0 Å². The van der Waals surface area contributed by atoms with Crippen LogP contribution in [0.3, 0.4) is 0 Å². The van der Waals surface area contributed by atoms with E-state index in [-0.39, 0.29) is 30.0 Å². The lowest BCUT2D eigenvalue weighted by Gasteiger charge is -2.32. The number of piperazine rings is 1. The second kappa shape index (κ2) is 7.92. The van der Waals surface area contributed by atoms with Crippen molar-refractivity contribution in [3.05, 3.63) is 29.8 Å². The van der Waals surface area contributed by atoms with Gasteiger partial charge in [0.15, 0.2) is 0 Å². The second-order valence-corrected chi connectivity index (χ2v) is 6.80. The Bertz CT molecular complexity index is 604. The van der Waals surface area contributed by atoms with Crippen molar-refractivity contribution in [3.8, 4) is 0 Å². The van der Waals surface area contributed by atoms with Crippen molar-refractivity contribution in [2.75, 3.05) is 26.2 Å². The zero-order chi connectivity index (χ0) is 15.5. The average molecular weight is 349 g/mol. The molecule has 0 saturated carbocycles. The zero-order valence-electron chi connectivity index (χ0n) is 12.6. The molecule has 0 aliphatic carbocycles. The molecule has 0 radical (unpaired) electrons. The van der Waals surface area contributed by atoms with Crippen LogP contribution in [0.2, 0.25) is 0 Å². The minimum Gasteiger partial charge on any atom is -0.462 e. The van der Waals surface area contributed by atoms with E-state index in [0.29, 0.717) is 25.2 Å². The van der Waals surface area contributed by atoms with Crippen molar-refractivity contribution in [2.45, 2.75) is 24.8 Å². The molecule has 0 amide bonds. The number of hydrogen-bond donors (Lipinski definition) is 1. The van der Waals surface area contributed by atoms with Crippen molar-refractivity contribution >= 4 is 28.4 Å². The molecule has 1 heterocycles. The lowest BCUT2D eigenvalue weighted by Crippen LogP contribution is -2.52. The minimum atomic E-state index is -3.52. The van der Waals surface area contributed by atoms with Crippen LogP contribution >= 0.6 is 12.4 Å². The van der Waals surface area contributed by atoms with Crippen molar-refractivity contribution in [2.24, 2.45) is 0 Å². The molecular weight excluding hydrogens is 328 g/mol. The molecule has 8 heteroatoms. The fourth-order valence-electron chi connectivity index (χ4n) is 2.29. The van der Waals surface area contributed by atoms with Gasteiger partial charge in [0.1, 0.15) is 0 Å². The molecule has 1 aliphatic rings. The van der Waals surface area contributed by atoms with E-state index in [4.69, 9.17) is 4.74 Å². The molecule has 1 unspecified atom stereocenters. The topological polar surface area (TPSA) is 75.7 Å². The van der Waals surface area contributed by atoms with Crippen LogP contribution in [0.4, 0.5) is 0 Å². The molecular formula is C14H21ClN2O4S. The number of hydrogen-bond acceptors (Lipinski definition) is 5. The number of ether oxygens (including phenoxy) is 1. The molecule has 22 heavy (non-hydrogen) atoms. The van der Waals surface area contributed by atoms with E-state index in [1.54, 1.807) is 6.92 Å². The first kappa shape index (κ1) is 18.9. The Morgan fingerprint density at radius 3 is 2.55 bits per heavy atom. The van der Waals surface area contributed by atoms with Crippen LogP contribution in [0, 0.1) is 0 Å². The molecule has 1 fully saturated rings. The van der Waals surface area contributed by atoms with Gasteiger partial charge in [0.2, 0.25) is 10.0 Å². The number of nitrogens with one attached hydrogen (secondary N) is 1. The molecule has 1 aromatic rings. The van der Waals surface area contributed by atoms with Crippen LogP contribution in [-0.2, 0) is 14.8 Å². The quantitative estimate of drug-likeness (QED) is 0.829. The number of halogens is 1. The molecule has 1 N–H and O–H groups in total. The lowest BCUT2D eigenvalue weighted by molar-refractivity contribution is 0.0526.